The SMILES string of the molecule is Cc1c(F)c(F)c(C2(C)N=NC(=O)C2=NNc2cccc(-c3cccc(C(=O)O)c3)c2O)c(F)c1F. The van der Waals surface area contributed by atoms with Crippen LogP contribution in [0.5, 0.6) is 5.75 Å². The van der Waals surface area contributed by atoms with Crippen LogP contribution in [0.3, 0.4) is 0 Å². The first-order chi connectivity index (χ1) is 17.0. The molecule has 0 saturated carbocycles. The Hall–Kier alpha value is -4.61. The molecule has 1 aliphatic rings. The van der Waals surface area contributed by atoms with Crippen LogP contribution in [0.4, 0.5) is 23.2 Å². The molecule has 0 aliphatic carbocycles. The zero-order chi connectivity index (χ0) is 26.4. The number of rotatable bonds is 5. The Balaban J connectivity index is 1.77. The van der Waals surface area contributed by atoms with Crippen molar-refractivity contribution in [1.82, 2.24) is 0 Å². The summed E-state index contributed by atoms with van der Waals surface area (Å²) in [5.41, 5.74) is -2.25. The van der Waals surface area contributed by atoms with E-state index in [1.54, 1.807) is 6.07 Å². The van der Waals surface area contributed by atoms with Crippen LogP contribution in [-0.4, -0.2) is 27.8 Å². The Bertz CT molecular complexity index is 1480. The van der Waals surface area contributed by atoms with Crippen LogP contribution in [0.15, 0.2) is 57.8 Å². The summed E-state index contributed by atoms with van der Waals surface area (Å²) in [5, 5.41) is 30.5. The van der Waals surface area contributed by atoms with Gasteiger partial charge in [-0.15, -0.1) is 5.11 Å². The zero-order valence-corrected chi connectivity index (χ0v) is 18.6. The zero-order valence-electron chi connectivity index (χ0n) is 18.6. The number of hydrazone groups is 1. The first kappa shape index (κ1) is 24.5. The smallest absolute Gasteiger partial charge is 0.335 e. The second-order valence-electron chi connectivity index (χ2n) is 7.99. The molecule has 1 unspecified atom stereocenters. The normalized spacial score (nSPS) is 18.2. The van der Waals surface area contributed by atoms with E-state index < -0.39 is 63.3 Å². The number of halogens is 4. The van der Waals surface area contributed by atoms with E-state index in [0.29, 0.717) is 5.56 Å². The number of phenolic OH excluding ortho intramolecular Hbond substituents is 1. The fourth-order valence-electron chi connectivity index (χ4n) is 3.74. The highest BCUT2D eigenvalue weighted by Gasteiger charge is 2.48. The Kier molecular flexibility index (Phi) is 6.04. The number of amides is 1. The van der Waals surface area contributed by atoms with Crippen molar-refractivity contribution >= 4 is 23.3 Å². The molecule has 0 fully saturated rings. The maximum atomic E-state index is 14.7. The van der Waals surface area contributed by atoms with Gasteiger partial charge in [0.05, 0.1) is 16.8 Å². The second-order valence-corrected chi connectivity index (χ2v) is 7.99. The van der Waals surface area contributed by atoms with Crippen molar-refractivity contribution in [2.45, 2.75) is 19.4 Å². The van der Waals surface area contributed by atoms with Crippen molar-refractivity contribution in [2.75, 3.05) is 5.43 Å². The number of hydrogen-bond acceptors (Lipinski definition) is 6. The number of nitrogens with one attached hydrogen (secondary N) is 1. The molecule has 36 heavy (non-hydrogen) atoms. The number of nitrogens with zero attached hydrogens (tertiary/aromatic N) is 3. The van der Waals surface area contributed by atoms with Gasteiger partial charge in [-0.05, 0) is 37.6 Å². The lowest BCUT2D eigenvalue weighted by atomic mass is 9.86. The molecule has 0 radical (unpaired) electrons. The lowest BCUT2D eigenvalue weighted by Crippen LogP contribution is -2.34. The van der Waals surface area contributed by atoms with E-state index in [1.807, 2.05) is 0 Å². The third kappa shape index (κ3) is 3.85. The highest BCUT2D eigenvalue weighted by Crippen LogP contribution is 2.40. The quantitative estimate of drug-likeness (QED) is 0.190. The summed E-state index contributed by atoms with van der Waals surface area (Å²) in [4.78, 5) is 23.6. The molecule has 1 heterocycles. The van der Waals surface area contributed by atoms with Gasteiger partial charge in [0.1, 0.15) is 5.75 Å². The van der Waals surface area contributed by atoms with E-state index in [0.717, 1.165) is 13.8 Å². The molecular weight excluding hydrogens is 484 g/mol. The molecule has 0 bridgehead atoms. The maximum absolute atomic E-state index is 14.7. The van der Waals surface area contributed by atoms with Crippen molar-refractivity contribution in [2.24, 2.45) is 15.3 Å². The molecule has 3 N–H and O–H groups in total. The van der Waals surface area contributed by atoms with Gasteiger partial charge in [0.25, 0.3) is 0 Å². The molecule has 0 saturated heterocycles. The Morgan fingerprint density at radius 1 is 1.03 bits per heavy atom. The van der Waals surface area contributed by atoms with Crippen LogP contribution < -0.4 is 5.43 Å². The monoisotopic (exact) mass is 500 g/mol. The molecule has 4 rings (SSSR count). The molecule has 3 aromatic rings. The molecule has 8 nitrogen and oxygen atoms in total. The van der Waals surface area contributed by atoms with Gasteiger partial charge in [-0.3, -0.25) is 10.2 Å². The number of azo groups is 1. The van der Waals surface area contributed by atoms with E-state index in [-0.39, 0.29) is 16.8 Å². The first-order valence-electron chi connectivity index (χ1n) is 10.3. The number of aromatic hydroxyl groups is 1. The van der Waals surface area contributed by atoms with E-state index >= 15 is 0 Å². The van der Waals surface area contributed by atoms with Gasteiger partial charge in [-0.25, -0.2) is 22.4 Å². The average molecular weight is 500 g/mol. The number of hydrogen-bond donors (Lipinski definition) is 3. The van der Waals surface area contributed by atoms with Crippen LogP contribution >= 0.6 is 0 Å². The molecular formula is C24H16F4N4O4. The number of carbonyl (C=O) groups is 2. The third-order valence-corrected chi connectivity index (χ3v) is 5.72. The molecule has 12 heteroatoms. The molecule has 184 valence electrons. The fourth-order valence-corrected chi connectivity index (χ4v) is 3.74. The second kappa shape index (κ2) is 8.87. The van der Waals surface area contributed by atoms with Crippen molar-refractivity contribution < 1.29 is 37.4 Å². The summed E-state index contributed by atoms with van der Waals surface area (Å²) in [6, 6.07) is 10.1. The molecule has 3 aromatic carbocycles. The van der Waals surface area contributed by atoms with Crippen LogP contribution in [0.2, 0.25) is 0 Å². The third-order valence-electron chi connectivity index (χ3n) is 5.72. The number of carboxylic acids is 1. The van der Waals surface area contributed by atoms with Crippen molar-refractivity contribution in [1.29, 1.82) is 0 Å². The van der Waals surface area contributed by atoms with E-state index in [9.17, 15) is 37.4 Å². The largest absolute Gasteiger partial charge is 0.505 e. The number of carboxylic acid groups (broad SMARTS) is 1. The number of anilines is 1. The molecule has 1 aliphatic heterocycles. The number of benzene rings is 3. The van der Waals surface area contributed by atoms with Crippen LogP contribution in [0, 0.1) is 30.2 Å². The predicted octanol–water partition coefficient (Wildman–Crippen LogP) is 5.30. The standard InChI is InChI=1S/C24H16F4N4O4/c1-10-16(25)18(27)15(19(28)17(10)26)24(2)21(22(34)31-32-24)30-29-14-8-4-7-13(20(14)33)11-5-3-6-12(9-11)23(35)36/h3-9,29,33H,1-2H3,(H,35,36). The average Bonchev–Trinajstić information content (AvgIpc) is 3.14. The van der Waals surface area contributed by atoms with Crippen molar-refractivity contribution in [3.05, 3.63) is 82.4 Å². The van der Waals surface area contributed by atoms with Crippen LogP contribution in [0.25, 0.3) is 11.1 Å². The Morgan fingerprint density at radius 3 is 2.31 bits per heavy atom. The van der Waals surface area contributed by atoms with Gasteiger partial charge >= 0.3 is 11.9 Å². The molecule has 1 atom stereocenters. The molecule has 1 amide bonds. The lowest BCUT2D eigenvalue weighted by molar-refractivity contribution is -0.111. The van der Waals surface area contributed by atoms with Gasteiger partial charge in [-0.2, -0.15) is 10.2 Å². The number of carbonyl (C=O) groups excluding carboxylic acids is 1. The van der Waals surface area contributed by atoms with Gasteiger partial charge < -0.3 is 10.2 Å². The minimum atomic E-state index is -2.32. The Morgan fingerprint density at radius 2 is 1.67 bits per heavy atom. The fraction of sp³-hybridized carbons (Fsp3) is 0.125. The van der Waals surface area contributed by atoms with E-state index in [1.165, 1.54) is 36.4 Å². The van der Waals surface area contributed by atoms with Gasteiger partial charge in [0.15, 0.2) is 34.5 Å². The van der Waals surface area contributed by atoms with E-state index in [2.05, 4.69) is 20.8 Å². The van der Waals surface area contributed by atoms with E-state index in [4.69, 9.17) is 0 Å². The van der Waals surface area contributed by atoms with Gasteiger partial charge in [0, 0.05) is 11.1 Å². The minimum Gasteiger partial charge on any atom is -0.505 e. The summed E-state index contributed by atoms with van der Waals surface area (Å²) in [6.07, 6.45) is 0. The number of aromatic carboxylic acids is 1. The first-order valence-corrected chi connectivity index (χ1v) is 10.3. The predicted molar refractivity (Wildman–Crippen MR) is 120 cm³/mol. The van der Waals surface area contributed by atoms with Crippen LogP contribution in [-0.2, 0) is 10.3 Å². The molecule has 0 aromatic heterocycles. The minimum absolute atomic E-state index is 0.0253. The number of phenols is 1. The summed E-state index contributed by atoms with van der Waals surface area (Å²) >= 11 is 0. The van der Waals surface area contributed by atoms with Gasteiger partial charge in [-0.1, -0.05) is 24.3 Å². The number of para-hydroxylation sites is 1. The van der Waals surface area contributed by atoms with Crippen LogP contribution in [0.1, 0.15) is 28.4 Å². The van der Waals surface area contributed by atoms with Gasteiger partial charge in [0.2, 0.25) is 0 Å². The summed E-state index contributed by atoms with van der Waals surface area (Å²) < 4.78 is 57.8. The summed E-state index contributed by atoms with van der Waals surface area (Å²) in [7, 11) is 0. The summed E-state index contributed by atoms with van der Waals surface area (Å²) in [6.45, 7) is 1.86. The van der Waals surface area contributed by atoms with Crippen molar-refractivity contribution in [3.63, 3.8) is 0 Å². The van der Waals surface area contributed by atoms with Crippen molar-refractivity contribution in [3.8, 4) is 16.9 Å². The maximum Gasteiger partial charge on any atom is 0.335 e. The highest BCUT2D eigenvalue weighted by molar-refractivity contribution is 6.43. The lowest BCUT2D eigenvalue weighted by Gasteiger charge is -2.22. The Labute approximate surface area is 200 Å². The molecule has 0 spiro atoms. The highest BCUT2D eigenvalue weighted by atomic mass is 19.2. The topological polar surface area (TPSA) is 124 Å². The summed E-state index contributed by atoms with van der Waals surface area (Å²) in [5.74, 6) is -9.50.